The zero-order valence-corrected chi connectivity index (χ0v) is 27.3. The van der Waals surface area contributed by atoms with E-state index in [1.165, 1.54) is 12.1 Å². The molecule has 1 amide bonds. The summed E-state index contributed by atoms with van der Waals surface area (Å²) in [7, 11) is 0. The van der Waals surface area contributed by atoms with E-state index in [1.54, 1.807) is 12.1 Å². The van der Waals surface area contributed by atoms with Crippen molar-refractivity contribution in [1.82, 2.24) is 15.2 Å². The Morgan fingerprint density at radius 2 is 1.73 bits per heavy atom. The number of amides is 1. The molecule has 4 aromatic carbocycles. The average molecular weight is 663 g/mol. The van der Waals surface area contributed by atoms with Crippen molar-refractivity contribution in [1.29, 1.82) is 0 Å². The Labute approximate surface area is 285 Å². The van der Waals surface area contributed by atoms with Gasteiger partial charge < -0.3 is 34.9 Å². The summed E-state index contributed by atoms with van der Waals surface area (Å²) in [6.07, 6.45) is 1.10. The molecule has 1 aliphatic rings. The molecule has 5 N–H and O–H groups in total. The van der Waals surface area contributed by atoms with Gasteiger partial charge in [-0.2, -0.15) is 0 Å². The van der Waals surface area contributed by atoms with E-state index in [0.717, 1.165) is 67.0 Å². The molecule has 6 rings (SSSR count). The largest absolute Gasteiger partial charge is 0.506 e. The molecule has 0 aliphatic carbocycles. The lowest BCUT2D eigenvalue weighted by Gasteiger charge is -2.31. The van der Waals surface area contributed by atoms with E-state index in [1.807, 2.05) is 78.9 Å². The average Bonchev–Trinajstić information content (AvgIpc) is 3.12. The number of fused-ring (bicyclic) bond motifs is 1. The Hall–Kier alpha value is -5.16. The molecule has 2 heterocycles. The zero-order chi connectivity index (χ0) is 34.0. The number of aromatic hydroxyl groups is 1. The molecular formula is C39H42N4O6. The first kappa shape index (κ1) is 33.7. The molecule has 0 unspecified atom stereocenters. The number of phenolic OH excluding ortho intramolecular Hbond substituents is 1. The fraction of sp³-hybridized carbons (Fsp3) is 0.282. The Morgan fingerprint density at radius 3 is 2.57 bits per heavy atom. The molecule has 1 saturated heterocycles. The van der Waals surface area contributed by atoms with Gasteiger partial charge in [-0.25, -0.2) is 4.79 Å². The molecule has 10 heteroatoms. The molecule has 0 spiro atoms. The number of pyridine rings is 1. The number of nitrogens with one attached hydrogen (secondary N) is 3. The highest BCUT2D eigenvalue weighted by Crippen LogP contribution is 2.29. The molecule has 1 atom stereocenters. The number of hydrogen-bond donors (Lipinski definition) is 5. The first-order valence-electron chi connectivity index (χ1n) is 16.7. The summed E-state index contributed by atoms with van der Waals surface area (Å²) in [6.45, 7) is 4.05. The minimum Gasteiger partial charge on any atom is -0.506 e. The van der Waals surface area contributed by atoms with Crippen LogP contribution in [-0.2, 0) is 11.3 Å². The first-order chi connectivity index (χ1) is 23.9. The van der Waals surface area contributed by atoms with Gasteiger partial charge in [0.1, 0.15) is 17.6 Å². The first-order valence-corrected chi connectivity index (χ1v) is 16.7. The van der Waals surface area contributed by atoms with Crippen LogP contribution < -0.4 is 20.9 Å². The third-order valence-corrected chi connectivity index (χ3v) is 8.78. The van der Waals surface area contributed by atoms with E-state index in [2.05, 4.69) is 20.5 Å². The molecule has 1 aliphatic heterocycles. The highest BCUT2D eigenvalue weighted by molar-refractivity contribution is 5.91. The van der Waals surface area contributed by atoms with Crippen LogP contribution in [0.3, 0.4) is 0 Å². The van der Waals surface area contributed by atoms with Gasteiger partial charge in [0.2, 0.25) is 5.56 Å². The molecule has 0 radical (unpaired) electrons. The van der Waals surface area contributed by atoms with Crippen molar-refractivity contribution in [2.24, 2.45) is 0 Å². The number of aliphatic hydroxyl groups is 1. The number of benzene rings is 4. The van der Waals surface area contributed by atoms with Crippen LogP contribution in [0.25, 0.3) is 22.0 Å². The second-order valence-electron chi connectivity index (χ2n) is 12.3. The summed E-state index contributed by atoms with van der Waals surface area (Å²) in [5.74, 6) is 0.756. The number of hydrogen-bond acceptors (Lipinski definition) is 8. The maximum atomic E-state index is 12.7. The molecule has 5 aromatic rings. The third-order valence-electron chi connectivity index (χ3n) is 8.78. The summed E-state index contributed by atoms with van der Waals surface area (Å²) in [5, 5.41) is 27.8. The highest BCUT2D eigenvalue weighted by atomic mass is 16.6. The molecule has 49 heavy (non-hydrogen) atoms. The predicted octanol–water partition coefficient (Wildman–Crippen LogP) is 6.21. The number of phenols is 1. The standard InChI is InChI=1S/C39H42N4O6/c44-35-16-14-32(33-15-17-37(46)42-38(33)35)36(45)26-40-25-27-8-6-11-30(24-27)48-23-7-20-43-21-18-29(19-22-43)49-39(47)41-34-13-5-4-12-31(34)28-9-2-1-3-10-28/h1-6,8-17,24,29,36,40,44-45H,7,18-23,25-26H2,(H,41,47)(H,42,46)/t36-/m1/s1. The number of aliphatic hydroxyl groups excluding tert-OH is 1. The zero-order valence-electron chi connectivity index (χ0n) is 27.3. The van der Waals surface area contributed by atoms with Crippen molar-refractivity contribution < 1.29 is 24.5 Å². The van der Waals surface area contributed by atoms with Crippen LogP contribution in [0.15, 0.2) is 108 Å². The number of piperidine rings is 1. The number of H-pyrrole nitrogens is 1. The van der Waals surface area contributed by atoms with Crippen molar-refractivity contribution in [3.8, 4) is 22.6 Å². The fourth-order valence-electron chi connectivity index (χ4n) is 6.24. The Bertz CT molecular complexity index is 1910. The minimum absolute atomic E-state index is 0.0358. The lowest BCUT2D eigenvalue weighted by atomic mass is 10.0. The van der Waals surface area contributed by atoms with Crippen molar-refractivity contribution in [2.45, 2.75) is 38.0 Å². The van der Waals surface area contributed by atoms with Crippen LogP contribution >= 0.6 is 0 Å². The Balaban J connectivity index is 0.884. The quantitative estimate of drug-likeness (QED) is 0.0940. The van der Waals surface area contributed by atoms with Gasteiger partial charge in [-0.3, -0.25) is 10.1 Å². The van der Waals surface area contributed by atoms with E-state index >= 15 is 0 Å². The number of aromatic amines is 1. The van der Waals surface area contributed by atoms with Crippen LogP contribution in [0.4, 0.5) is 10.5 Å². The van der Waals surface area contributed by atoms with Crippen LogP contribution in [-0.4, -0.2) is 65.1 Å². The van der Waals surface area contributed by atoms with Crippen LogP contribution in [0, 0.1) is 0 Å². The van der Waals surface area contributed by atoms with E-state index < -0.39 is 12.2 Å². The van der Waals surface area contributed by atoms with Crippen molar-refractivity contribution in [3.63, 3.8) is 0 Å². The number of ether oxygens (including phenoxy) is 2. The van der Waals surface area contributed by atoms with Gasteiger partial charge in [-0.15, -0.1) is 0 Å². The van der Waals surface area contributed by atoms with E-state index in [4.69, 9.17) is 9.47 Å². The summed E-state index contributed by atoms with van der Waals surface area (Å²) < 4.78 is 11.8. The number of anilines is 1. The van der Waals surface area contributed by atoms with Crippen LogP contribution in [0.5, 0.6) is 11.5 Å². The number of likely N-dealkylation sites (tertiary alicyclic amines) is 1. The van der Waals surface area contributed by atoms with Gasteiger partial charge in [-0.05, 0) is 66.3 Å². The van der Waals surface area contributed by atoms with Crippen molar-refractivity contribution in [3.05, 3.63) is 125 Å². The molecule has 1 aromatic heterocycles. The molecule has 254 valence electrons. The van der Waals surface area contributed by atoms with Crippen LogP contribution in [0.1, 0.15) is 36.5 Å². The molecular weight excluding hydrogens is 620 g/mol. The van der Waals surface area contributed by atoms with Gasteiger partial charge in [0, 0.05) is 49.7 Å². The molecule has 1 fully saturated rings. The molecule has 10 nitrogen and oxygen atoms in total. The normalized spacial score (nSPS) is 14.4. The minimum atomic E-state index is -0.829. The van der Waals surface area contributed by atoms with Gasteiger partial charge >= 0.3 is 6.09 Å². The topological polar surface area (TPSA) is 136 Å². The third kappa shape index (κ3) is 9.05. The van der Waals surface area contributed by atoms with E-state index in [9.17, 15) is 19.8 Å². The second kappa shape index (κ2) is 16.3. The van der Waals surface area contributed by atoms with Gasteiger partial charge in [0.15, 0.2) is 0 Å². The predicted molar refractivity (Wildman–Crippen MR) is 191 cm³/mol. The van der Waals surface area contributed by atoms with Gasteiger partial charge in [0.05, 0.1) is 23.9 Å². The van der Waals surface area contributed by atoms with Gasteiger partial charge in [-0.1, -0.05) is 66.7 Å². The van der Waals surface area contributed by atoms with Crippen LogP contribution in [0.2, 0.25) is 0 Å². The Morgan fingerprint density at radius 1 is 0.939 bits per heavy atom. The fourth-order valence-corrected chi connectivity index (χ4v) is 6.24. The number of aromatic nitrogens is 1. The Kier molecular flexibility index (Phi) is 11.2. The number of para-hydroxylation sites is 1. The molecule has 0 saturated carbocycles. The maximum Gasteiger partial charge on any atom is 0.411 e. The van der Waals surface area contributed by atoms with E-state index in [0.29, 0.717) is 36.2 Å². The van der Waals surface area contributed by atoms with E-state index in [-0.39, 0.29) is 17.4 Å². The van der Waals surface area contributed by atoms with Crippen molar-refractivity contribution in [2.75, 3.05) is 38.1 Å². The monoisotopic (exact) mass is 662 g/mol. The summed E-state index contributed by atoms with van der Waals surface area (Å²) in [4.78, 5) is 29.4. The lowest BCUT2D eigenvalue weighted by Crippen LogP contribution is -2.39. The SMILES string of the molecule is O=C(Nc1ccccc1-c1ccccc1)OC1CCN(CCCOc2cccc(CNC[C@@H](O)c3ccc(O)c4[nH]c(=O)ccc34)c2)CC1. The summed E-state index contributed by atoms with van der Waals surface area (Å²) in [5.41, 5.74) is 4.37. The summed E-state index contributed by atoms with van der Waals surface area (Å²) in [6, 6.07) is 31.7. The lowest BCUT2D eigenvalue weighted by molar-refractivity contribution is 0.0575. The number of nitrogens with zero attached hydrogens (tertiary/aromatic N) is 1. The summed E-state index contributed by atoms with van der Waals surface area (Å²) >= 11 is 0. The smallest absolute Gasteiger partial charge is 0.411 e. The maximum absolute atomic E-state index is 12.7. The number of rotatable bonds is 13. The van der Waals surface area contributed by atoms with Gasteiger partial charge in [0.25, 0.3) is 0 Å². The van der Waals surface area contributed by atoms with Crippen molar-refractivity contribution >= 4 is 22.7 Å². The number of carbonyl (C=O) groups excluding carboxylic acids is 1. The second-order valence-corrected chi connectivity index (χ2v) is 12.3. The highest BCUT2D eigenvalue weighted by Gasteiger charge is 2.22. The molecule has 0 bridgehead atoms. The number of carbonyl (C=O) groups is 1.